The van der Waals surface area contributed by atoms with E-state index in [1.54, 1.807) is 19.1 Å². The molecule has 1 fully saturated rings. The van der Waals surface area contributed by atoms with Gasteiger partial charge >= 0.3 is 0 Å². The van der Waals surface area contributed by atoms with Gasteiger partial charge in [0.1, 0.15) is 0 Å². The maximum absolute atomic E-state index is 10.8. The van der Waals surface area contributed by atoms with E-state index in [2.05, 4.69) is 4.90 Å². The molecule has 2 rings (SSSR count). The van der Waals surface area contributed by atoms with Gasteiger partial charge in [-0.1, -0.05) is 6.07 Å². The first-order valence-electron chi connectivity index (χ1n) is 5.26. The van der Waals surface area contributed by atoms with Crippen LogP contribution < -0.4 is 4.90 Å². The van der Waals surface area contributed by atoms with E-state index in [9.17, 15) is 10.1 Å². The Balaban J connectivity index is 2.27. The van der Waals surface area contributed by atoms with Crippen LogP contribution in [0.15, 0.2) is 18.2 Å². The molecule has 86 valence electrons. The van der Waals surface area contributed by atoms with Crippen LogP contribution in [0.5, 0.6) is 0 Å². The zero-order chi connectivity index (χ0) is 11.5. The lowest BCUT2D eigenvalue weighted by atomic mass is 10.1. The second kappa shape index (κ2) is 4.49. The Labute approximate surface area is 93.8 Å². The van der Waals surface area contributed by atoms with E-state index in [1.165, 1.54) is 0 Å². The number of hydrogen-bond donors (Lipinski definition) is 0. The summed E-state index contributed by atoms with van der Waals surface area (Å²) in [7, 11) is 0. The standard InChI is InChI=1S/C11H14N2O3/c1-9-2-3-10(8-11(9)13(14)15)12-4-6-16-7-5-12/h2-3,8H,4-7H2,1H3. The van der Waals surface area contributed by atoms with Crippen LogP contribution in [0.1, 0.15) is 5.56 Å². The third kappa shape index (κ3) is 2.14. The monoisotopic (exact) mass is 222 g/mol. The minimum Gasteiger partial charge on any atom is -0.378 e. The molecule has 0 N–H and O–H groups in total. The molecule has 5 nitrogen and oxygen atoms in total. The van der Waals surface area contributed by atoms with Crippen LogP contribution in [-0.2, 0) is 4.74 Å². The van der Waals surface area contributed by atoms with E-state index in [1.807, 2.05) is 6.07 Å². The molecular formula is C11H14N2O3. The smallest absolute Gasteiger partial charge is 0.274 e. The number of ether oxygens (including phenoxy) is 1. The molecule has 1 aromatic rings. The van der Waals surface area contributed by atoms with Crippen LogP contribution in [0.25, 0.3) is 0 Å². The van der Waals surface area contributed by atoms with Crippen molar-refractivity contribution >= 4 is 11.4 Å². The highest BCUT2D eigenvalue weighted by Gasteiger charge is 2.16. The molecule has 0 atom stereocenters. The summed E-state index contributed by atoms with van der Waals surface area (Å²) >= 11 is 0. The molecule has 1 saturated heterocycles. The van der Waals surface area contributed by atoms with Crippen molar-refractivity contribution in [2.45, 2.75) is 6.92 Å². The molecule has 16 heavy (non-hydrogen) atoms. The fraction of sp³-hybridized carbons (Fsp3) is 0.455. The predicted octanol–water partition coefficient (Wildman–Crippen LogP) is 1.74. The summed E-state index contributed by atoms with van der Waals surface area (Å²) in [5.74, 6) is 0. The number of benzene rings is 1. The Bertz CT molecular complexity index is 400. The number of nitro benzene ring substituents is 1. The van der Waals surface area contributed by atoms with Crippen LogP contribution in [0.3, 0.4) is 0 Å². The van der Waals surface area contributed by atoms with Gasteiger partial charge in [0.05, 0.1) is 18.1 Å². The lowest BCUT2D eigenvalue weighted by Gasteiger charge is -2.28. The molecule has 0 aromatic heterocycles. The number of anilines is 1. The molecule has 0 radical (unpaired) electrons. The molecule has 0 spiro atoms. The van der Waals surface area contributed by atoms with E-state index in [0.717, 1.165) is 18.8 Å². The van der Waals surface area contributed by atoms with E-state index in [4.69, 9.17) is 4.74 Å². The topological polar surface area (TPSA) is 55.6 Å². The summed E-state index contributed by atoms with van der Waals surface area (Å²) in [5, 5.41) is 10.8. The Morgan fingerprint density at radius 3 is 2.69 bits per heavy atom. The maximum Gasteiger partial charge on any atom is 0.274 e. The van der Waals surface area contributed by atoms with Gasteiger partial charge in [0, 0.05) is 30.4 Å². The summed E-state index contributed by atoms with van der Waals surface area (Å²) in [6.45, 7) is 4.70. The number of aryl methyl sites for hydroxylation is 1. The van der Waals surface area contributed by atoms with Crippen molar-refractivity contribution in [1.29, 1.82) is 0 Å². The Hall–Kier alpha value is -1.62. The summed E-state index contributed by atoms with van der Waals surface area (Å²) in [4.78, 5) is 12.6. The zero-order valence-corrected chi connectivity index (χ0v) is 9.18. The molecule has 0 amide bonds. The normalized spacial score (nSPS) is 16.2. The molecule has 0 bridgehead atoms. The van der Waals surface area contributed by atoms with Gasteiger partial charge in [0.2, 0.25) is 0 Å². The van der Waals surface area contributed by atoms with Gasteiger partial charge in [0.25, 0.3) is 5.69 Å². The largest absolute Gasteiger partial charge is 0.378 e. The van der Waals surface area contributed by atoms with E-state index >= 15 is 0 Å². The Morgan fingerprint density at radius 2 is 2.06 bits per heavy atom. The molecular weight excluding hydrogens is 208 g/mol. The maximum atomic E-state index is 10.8. The van der Waals surface area contributed by atoms with Gasteiger partial charge in [0.15, 0.2) is 0 Å². The molecule has 1 aromatic carbocycles. The lowest BCUT2D eigenvalue weighted by molar-refractivity contribution is -0.385. The van der Waals surface area contributed by atoms with Crippen molar-refractivity contribution in [2.75, 3.05) is 31.2 Å². The first-order valence-corrected chi connectivity index (χ1v) is 5.26. The van der Waals surface area contributed by atoms with Crippen molar-refractivity contribution in [3.05, 3.63) is 33.9 Å². The quantitative estimate of drug-likeness (QED) is 0.565. The van der Waals surface area contributed by atoms with Gasteiger partial charge < -0.3 is 9.64 Å². The molecule has 1 heterocycles. The third-order valence-electron chi connectivity index (χ3n) is 2.77. The van der Waals surface area contributed by atoms with Crippen molar-refractivity contribution in [3.8, 4) is 0 Å². The second-order valence-corrected chi connectivity index (χ2v) is 3.83. The molecule has 1 aliphatic rings. The van der Waals surface area contributed by atoms with Crippen molar-refractivity contribution < 1.29 is 9.66 Å². The SMILES string of the molecule is Cc1ccc(N2CCOCC2)cc1[N+](=O)[O-]. The predicted molar refractivity (Wildman–Crippen MR) is 60.9 cm³/mol. The molecule has 1 aliphatic heterocycles. The fourth-order valence-corrected chi connectivity index (χ4v) is 1.81. The first-order chi connectivity index (χ1) is 7.68. The number of morpholine rings is 1. The number of nitro groups is 1. The van der Waals surface area contributed by atoms with Crippen LogP contribution >= 0.6 is 0 Å². The first kappa shape index (κ1) is 10.9. The van der Waals surface area contributed by atoms with Crippen molar-refractivity contribution in [1.82, 2.24) is 0 Å². The van der Waals surface area contributed by atoms with Crippen LogP contribution in [0, 0.1) is 17.0 Å². The Kier molecular flexibility index (Phi) is 3.05. The van der Waals surface area contributed by atoms with Crippen molar-refractivity contribution in [2.24, 2.45) is 0 Å². The minimum absolute atomic E-state index is 0.184. The van der Waals surface area contributed by atoms with Crippen molar-refractivity contribution in [3.63, 3.8) is 0 Å². The Morgan fingerprint density at radius 1 is 1.38 bits per heavy atom. The van der Waals surface area contributed by atoms with Gasteiger partial charge in [-0.2, -0.15) is 0 Å². The molecule has 0 unspecified atom stereocenters. The average Bonchev–Trinajstić information content (AvgIpc) is 2.30. The molecule has 0 aliphatic carbocycles. The van der Waals surface area contributed by atoms with E-state index in [0.29, 0.717) is 18.8 Å². The second-order valence-electron chi connectivity index (χ2n) is 3.83. The summed E-state index contributed by atoms with van der Waals surface area (Å²) in [6.07, 6.45) is 0. The third-order valence-corrected chi connectivity index (χ3v) is 2.77. The van der Waals surface area contributed by atoms with Crippen LogP contribution in [0.4, 0.5) is 11.4 Å². The van der Waals surface area contributed by atoms with Gasteiger partial charge in [-0.15, -0.1) is 0 Å². The number of nitrogens with zero attached hydrogens (tertiary/aromatic N) is 2. The van der Waals surface area contributed by atoms with E-state index < -0.39 is 0 Å². The highest BCUT2D eigenvalue weighted by Crippen LogP contribution is 2.25. The zero-order valence-electron chi connectivity index (χ0n) is 9.18. The lowest BCUT2D eigenvalue weighted by Crippen LogP contribution is -2.36. The summed E-state index contributed by atoms with van der Waals surface area (Å²) in [5.41, 5.74) is 1.78. The number of rotatable bonds is 2. The summed E-state index contributed by atoms with van der Waals surface area (Å²) < 4.78 is 5.25. The van der Waals surface area contributed by atoms with Gasteiger partial charge in [-0.3, -0.25) is 10.1 Å². The van der Waals surface area contributed by atoms with E-state index in [-0.39, 0.29) is 10.6 Å². The number of hydrogen-bond acceptors (Lipinski definition) is 4. The van der Waals surface area contributed by atoms with Crippen LogP contribution in [0.2, 0.25) is 0 Å². The minimum atomic E-state index is -0.334. The molecule has 5 heteroatoms. The fourth-order valence-electron chi connectivity index (χ4n) is 1.81. The van der Waals surface area contributed by atoms with Crippen LogP contribution in [-0.4, -0.2) is 31.2 Å². The molecule has 0 saturated carbocycles. The summed E-state index contributed by atoms with van der Waals surface area (Å²) in [6, 6.07) is 5.36. The average molecular weight is 222 g/mol. The van der Waals surface area contributed by atoms with Gasteiger partial charge in [-0.25, -0.2) is 0 Å². The van der Waals surface area contributed by atoms with Gasteiger partial charge in [-0.05, 0) is 13.0 Å². The highest BCUT2D eigenvalue weighted by molar-refractivity contribution is 5.56. The highest BCUT2D eigenvalue weighted by atomic mass is 16.6.